The number of amides is 1. The largest absolute Gasteiger partial charge is 0.496 e. The van der Waals surface area contributed by atoms with Crippen LogP contribution in [0.25, 0.3) is 0 Å². The van der Waals surface area contributed by atoms with Crippen LogP contribution in [0, 0.1) is 0 Å². The molecule has 0 aliphatic rings. The lowest BCUT2D eigenvalue weighted by atomic mass is 10.2. The Balaban J connectivity index is 1.78. The van der Waals surface area contributed by atoms with Crippen LogP contribution in [0.2, 0.25) is 5.02 Å². The van der Waals surface area contributed by atoms with E-state index in [0.29, 0.717) is 33.0 Å². The first kappa shape index (κ1) is 21.6. The zero-order chi connectivity index (χ0) is 21.7. The van der Waals surface area contributed by atoms with E-state index in [1.165, 1.54) is 43.4 Å². The summed E-state index contributed by atoms with van der Waals surface area (Å²) in [6, 6.07) is 11.9. The Morgan fingerprint density at radius 2 is 1.83 bits per heavy atom. The number of anilines is 2. The summed E-state index contributed by atoms with van der Waals surface area (Å²) in [6.45, 7) is 1.38. The van der Waals surface area contributed by atoms with E-state index in [-0.39, 0.29) is 18.1 Å². The van der Waals surface area contributed by atoms with E-state index in [9.17, 15) is 9.59 Å². The third-order valence-corrected chi connectivity index (χ3v) is 5.21. The summed E-state index contributed by atoms with van der Waals surface area (Å²) >= 11 is 7.22. The Labute approximate surface area is 182 Å². The lowest BCUT2D eigenvalue weighted by Gasteiger charge is -2.20. The van der Waals surface area contributed by atoms with Gasteiger partial charge in [0, 0.05) is 17.3 Å². The van der Waals surface area contributed by atoms with E-state index in [1.54, 1.807) is 29.6 Å². The van der Waals surface area contributed by atoms with Crippen molar-refractivity contribution >= 4 is 45.6 Å². The van der Waals surface area contributed by atoms with E-state index in [2.05, 4.69) is 4.98 Å². The minimum Gasteiger partial charge on any atom is -0.496 e. The van der Waals surface area contributed by atoms with Gasteiger partial charge in [-0.25, -0.2) is 9.78 Å². The van der Waals surface area contributed by atoms with Gasteiger partial charge in [0.05, 0.1) is 25.6 Å². The molecule has 0 spiro atoms. The molecule has 3 rings (SSSR count). The number of carbonyl (C=O) groups is 2. The van der Waals surface area contributed by atoms with Crippen molar-refractivity contribution in [3.8, 4) is 11.5 Å². The average Bonchev–Trinajstić information content (AvgIpc) is 3.20. The molecular weight excluding hydrogens is 428 g/mol. The molecule has 1 aromatic heterocycles. The monoisotopic (exact) mass is 446 g/mol. The molecule has 156 valence electrons. The maximum absolute atomic E-state index is 12.4. The van der Waals surface area contributed by atoms with Crippen molar-refractivity contribution < 1.29 is 23.8 Å². The van der Waals surface area contributed by atoms with Crippen molar-refractivity contribution in [2.45, 2.75) is 13.5 Å². The summed E-state index contributed by atoms with van der Waals surface area (Å²) in [4.78, 5) is 30.6. The van der Waals surface area contributed by atoms with Gasteiger partial charge in [-0.1, -0.05) is 23.7 Å². The number of benzene rings is 2. The van der Waals surface area contributed by atoms with Gasteiger partial charge in [0.1, 0.15) is 23.7 Å². The van der Waals surface area contributed by atoms with E-state index < -0.39 is 5.97 Å². The van der Waals surface area contributed by atoms with Crippen molar-refractivity contribution in [1.29, 1.82) is 0 Å². The molecule has 0 N–H and O–H groups in total. The Morgan fingerprint density at radius 3 is 2.53 bits per heavy atom. The minimum atomic E-state index is -0.586. The van der Waals surface area contributed by atoms with Gasteiger partial charge in [0.25, 0.3) is 0 Å². The zero-order valence-electron chi connectivity index (χ0n) is 16.5. The molecule has 0 unspecified atom stereocenters. The van der Waals surface area contributed by atoms with Gasteiger partial charge in [-0.15, -0.1) is 11.3 Å². The molecule has 9 heteroatoms. The van der Waals surface area contributed by atoms with Crippen molar-refractivity contribution in [3.63, 3.8) is 0 Å². The highest BCUT2D eigenvalue weighted by atomic mass is 35.5. The van der Waals surface area contributed by atoms with Crippen molar-refractivity contribution in [3.05, 3.63) is 64.1 Å². The van der Waals surface area contributed by atoms with Gasteiger partial charge in [0.2, 0.25) is 5.91 Å². The number of thiazole rings is 1. The number of rotatable bonds is 7. The molecule has 1 heterocycles. The molecule has 3 aromatic rings. The van der Waals surface area contributed by atoms with E-state index >= 15 is 0 Å². The van der Waals surface area contributed by atoms with Crippen LogP contribution in [0.5, 0.6) is 11.5 Å². The Morgan fingerprint density at radius 1 is 1.10 bits per heavy atom. The summed E-state index contributed by atoms with van der Waals surface area (Å²) in [7, 11) is 2.99. The van der Waals surface area contributed by atoms with Gasteiger partial charge in [-0.05, 0) is 30.3 Å². The van der Waals surface area contributed by atoms with Gasteiger partial charge in [0.15, 0.2) is 5.13 Å². The second-order valence-corrected chi connectivity index (χ2v) is 7.34. The number of esters is 1. The normalized spacial score (nSPS) is 10.4. The number of ether oxygens (including phenoxy) is 3. The highest BCUT2D eigenvalue weighted by molar-refractivity contribution is 7.14. The van der Waals surface area contributed by atoms with Gasteiger partial charge in [-0.3, -0.25) is 9.69 Å². The quantitative estimate of drug-likeness (QED) is 0.482. The molecule has 0 radical (unpaired) electrons. The summed E-state index contributed by atoms with van der Waals surface area (Å²) < 4.78 is 15.9. The van der Waals surface area contributed by atoms with Crippen molar-refractivity contribution in [1.82, 2.24) is 4.98 Å². The number of hydrogen-bond donors (Lipinski definition) is 0. The SMILES string of the molecule is COc1ccc(Cl)cc1C(=O)OCc1csc(N(C(C)=O)c2ccccc2OC)n1. The smallest absolute Gasteiger partial charge is 0.342 e. The van der Waals surface area contributed by atoms with E-state index in [1.807, 2.05) is 12.1 Å². The average molecular weight is 447 g/mol. The third-order valence-electron chi connectivity index (χ3n) is 4.10. The second-order valence-electron chi connectivity index (χ2n) is 6.07. The molecule has 2 aromatic carbocycles. The number of para-hydroxylation sites is 2. The molecule has 1 amide bonds. The van der Waals surface area contributed by atoms with Crippen molar-refractivity contribution in [2.24, 2.45) is 0 Å². The van der Waals surface area contributed by atoms with E-state index in [4.69, 9.17) is 25.8 Å². The van der Waals surface area contributed by atoms with Crippen LogP contribution >= 0.6 is 22.9 Å². The van der Waals surface area contributed by atoms with Crippen molar-refractivity contribution in [2.75, 3.05) is 19.1 Å². The predicted molar refractivity (Wildman–Crippen MR) is 115 cm³/mol. The minimum absolute atomic E-state index is 0.0668. The van der Waals surface area contributed by atoms with Gasteiger partial charge >= 0.3 is 5.97 Å². The van der Waals surface area contributed by atoms with Crippen LogP contribution in [0.3, 0.4) is 0 Å². The van der Waals surface area contributed by atoms with Crippen LogP contribution in [-0.2, 0) is 16.1 Å². The van der Waals surface area contributed by atoms with Crippen LogP contribution in [0.4, 0.5) is 10.8 Å². The van der Waals surface area contributed by atoms with Crippen LogP contribution in [0.15, 0.2) is 47.8 Å². The molecule has 7 nitrogen and oxygen atoms in total. The summed E-state index contributed by atoms with van der Waals surface area (Å²) in [5, 5.41) is 2.56. The number of carbonyl (C=O) groups excluding carboxylic acids is 2. The molecular formula is C21H19ClN2O5S. The second kappa shape index (κ2) is 9.60. The Bertz CT molecular complexity index is 1070. The van der Waals surface area contributed by atoms with Crippen LogP contribution in [-0.4, -0.2) is 31.1 Å². The highest BCUT2D eigenvalue weighted by Crippen LogP contribution is 2.35. The number of aromatic nitrogens is 1. The molecule has 0 aliphatic heterocycles. The molecule has 0 bridgehead atoms. The summed E-state index contributed by atoms with van der Waals surface area (Å²) in [5.74, 6) is 0.101. The van der Waals surface area contributed by atoms with Crippen LogP contribution in [0.1, 0.15) is 23.0 Å². The third kappa shape index (κ3) is 4.72. The standard InChI is InChI=1S/C21H19ClN2O5S/c1-13(25)24(17-6-4-5-7-19(17)28-3)21-23-15(12-30-21)11-29-20(26)16-10-14(22)8-9-18(16)27-2/h4-10,12H,11H2,1-3H3. The fourth-order valence-corrected chi connectivity index (χ4v) is 3.78. The first-order chi connectivity index (χ1) is 14.4. The predicted octanol–water partition coefficient (Wildman–Crippen LogP) is 4.86. The lowest BCUT2D eigenvalue weighted by Crippen LogP contribution is -2.23. The molecule has 0 saturated carbocycles. The molecule has 0 atom stereocenters. The Hall–Kier alpha value is -3.10. The Kier molecular flexibility index (Phi) is 6.91. The fourth-order valence-electron chi connectivity index (χ4n) is 2.74. The summed E-state index contributed by atoms with van der Waals surface area (Å²) in [5.41, 5.74) is 1.30. The van der Waals surface area contributed by atoms with Gasteiger partial charge < -0.3 is 14.2 Å². The lowest BCUT2D eigenvalue weighted by molar-refractivity contribution is -0.115. The molecule has 30 heavy (non-hydrogen) atoms. The first-order valence-corrected chi connectivity index (χ1v) is 10.1. The highest BCUT2D eigenvalue weighted by Gasteiger charge is 2.22. The van der Waals surface area contributed by atoms with Crippen LogP contribution < -0.4 is 14.4 Å². The summed E-state index contributed by atoms with van der Waals surface area (Å²) in [6.07, 6.45) is 0. The number of halogens is 1. The number of nitrogens with zero attached hydrogens (tertiary/aromatic N) is 2. The van der Waals surface area contributed by atoms with Gasteiger partial charge in [-0.2, -0.15) is 0 Å². The fraction of sp³-hybridized carbons (Fsp3) is 0.190. The molecule has 0 aliphatic carbocycles. The molecule has 0 fully saturated rings. The maximum atomic E-state index is 12.4. The zero-order valence-corrected chi connectivity index (χ0v) is 18.1. The number of methoxy groups -OCH3 is 2. The number of hydrogen-bond acceptors (Lipinski definition) is 7. The van der Waals surface area contributed by atoms with E-state index in [0.717, 1.165) is 0 Å². The topological polar surface area (TPSA) is 78.0 Å². The maximum Gasteiger partial charge on any atom is 0.342 e. The first-order valence-electron chi connectivity index (χ1n) is 8.83. The molecule has 0 saturated heterocycles.